The number of fused-ring (bicyclic) bond motifs is 3. The third-order valence-electron chi connectivity index (χ3n) is 8.89. The Labute approximate surface area is 217 Å². The highest BCUT2D eigenvalue weighted by atomic mass is 19.1. The molecule has 3 aromatic rings. The van der Waals surface area contributed by atoms with Gasteiger partial charge in [0, 0.05) is 41.0 Å². The molecule has 1 unspecified atom stereocenters. The van der Waals surface area contributed by atoms with Crippen LogP contribution in [0.2, 0.25) is 0 Å². The summed E-state index contributed by atoms with van der Waals surface area (Å²) in [6.45, 7) is 4.86. The minimum absolute atomic E-state index is 0.168. The van der Waals surface area contributed by atoms with Crippen molar-refractivity contribution in [3.05, 3.63) is 76.0 Å². The summed E-state index contributed by atoms with van der Waals surface area (Å²) in [6, 6.07) is 10.1. The summed E-state index contributed by atoms with van der Waals surface area (Å²) in [7, 11) is 0. The first-order valence-electron chi connectivity index (χ1n) is 13.4. The normalized spacial score (nSPS) is 23.9. The highest BCUT2D eigenvalue weighted by molar-refractivity contribution is 5.65. The predicted octanol–water partition coefficient (Wildman–Crippen LogP) is 5.29. The number of rotatable bonds is 3. The number of aryl methyl sites for hydroxylation is 1. The second kappa shape index (κ2) is 8.79. The molecule has 1 saturated heterocycles. The minimum atomic E-state index is -1.41. The van der Waals surface area contributed by atoms with Crippen molar-refractivity contribution in [1.29, 1.82) is 5.26 Å². The Kier molecular flexibility index (Phi) is 5.67. The molecule has 1 spiro atoms. The summed E-state index contributed by atoms with van der Waals surface area (Å²) in [5.41, 5.74) is 11.2. The van der Waals surface area contributed by atoms with Crippen LogP contribution in [0.5, 0.6) is 0 Å². The summed E-state index contributed by atoms with van der Waals surface area (Å²) in [5, 5.41) is 10.1. The molecule has 1 fully saturated rings. The van der Waals surface area contributed by atoms with E-state index in [1.165, 1.54) is 5.56 Å². The first kappa shape index (κ1) is 23.8. The first-order chi connectivity index (χ1) is 17.9. The Hall–Kier alpha value is -3.53. The number of nitriles is 1. The highest BCUT2D eigenvalue weighted by Gasteiger charge is 2.48. The van der Waals surface area contributed by atoms with Gasteiger partial charge in [0.15, 0.2) is 5.67 Å². The van der Waals surface area contributed by atoms with Crippen molar-refractivity contribution in [3.8, 4) is 6.07 Å². The van der Waals surface area contributed by atoms with Crippen LogP contribution in [-0.4, -0.2) is 28.0 Å². The van der Waals surface area contributed by atoms with E-state index >= 15 is 4.39 Å². The maximum atomic E-state index is 15.7. The standard InChI is InChI=1S/C30H33FN6/c1-3-26-35-25-14-29(11-4-6-19(2)21-8-9-24(33)23(15-32)27(21)29)12-10-22(25)28(36-26)37-17-30(31,18-37)20-7-5-13-34-16-20/h5,7-9,13,16,19H,3-4,6,10-12,14,17-18,33H2,1-2H3/t19?,29-/m0/s1. The smallest absolute Gasteiger partial charge is 0.172 e. The van der Waals surface area contributed by atoms with Crippen LogP contribution in [0.1, 0.15) is 84.8 Å². The lowest BCUT2D eigenvalue weighted by Gasteiger charge is -2.47. The number of aromatic nitrogens is 3. The number of anilines is 2. The number of pyridine rings is 1. The van der Waals surface area contributed by atoms with Crippen molar-refractivity contribution in [2.24, 2.45) is 0 Å². The van der Waals surface area contributed by atoms with Gasteiger partial charge in [-0.2, -0.15) is 5.26 Å². The zero-order valence-corrected chi connectivity index (χ0v) is 21.6. The molecule has 3 aliphatic rings. The van der Waals surface area contributed by atoms with Gasteiger partial charge in [-0.05, 0) is 61.3 Å². The summed E-state index contributed by atoms with van der Waals surface area (Å²) < 4.78 is 15.7. The van der Waals surface area contributed by atoms with E-state index in [2.05, 4.69) is 35.9 Å². The van der Waals surface area contributed by atoms with Crippen LogP contribution in [0.15, 0.2) is 36.7 Å². The Balaban J connectivity index is 1.40. The van der Waals surface area contributed by atoms with Gasteiger partial charge >= 0.3 is 0 Å². The molecule has 2 atom stereocenters. The number of benzene rings is 1. The van der Waals surface area contributed by atoms with E-state index in [-0.39, 0.29) is 18.5 Å². The van der Waals surface area contributed by atoms with Gasteiger partial charge in [0.05, 0.1) is 24.3 Å². The van der Waals surface area contributed by atoms with Crippen molar-refractivity contribution in [1.82, 2.24) is 15.0 Å². The van der Waals surface area contributed by atoms with Crippen LogP contribution >= 0.6 is 0 Å². The number of nitrogens with two attached hydrogens (primary N) is 1. The molecule has 2 aromatic heterocycles. The molecule has 0 saturated carbocycles. The van der Waals surface area contributed by atoms with Gasteiger partial charge in [0.2, 0.25) is 0 Å². The van der Waals surface area contributed by atoms with Gasteiger partial charge in [0.1, 0.15) is 17.7 Å². The number of alkyl halides is 1. The van der Waals surface area contributed by atoms with Crippen LogP contribution in [-0.2, 0) is 30.3 Å². The Bertz CT molecular complexity index is 1390. The van der Waals surface area contributed by atoms with Crippen LogP contribution in [0.25, 0.3) is 0 Å². The summed E-state index contributed by atoms with van der Waals surface area (Å²) in [6.07, 6.45) is 9.72. The molecular formula is C30H33FN6. The number of halogens is 1. The monoisotopic (exact) mass is 496 g/mol. The van der Waals surface area contributed by atoms with E-state index in [0.717, 1.165) is 67.0 Å². The maximum absolute atomic E-state index is 15.7. The maximum Gasteiger partial charge on any atom is 0.172 e. The van der Waals surface area contributed by atoms with Gasteiger partial charge in [-0.3, -0.25) is 4.98 Å². The molecule has 7 heteroatoms. The van der Waals surface area contributed by atoms with Crippen LogP contribution < -0.4 is 10.6 Å². The second-order valence-corrected chi connectivity index (χ2v) is 11.2. The fraction of sp³-hybridized carbons (Fsp3) is 0.467. The largest absolute Gasteiger partial charge is 0.398 e. The quantitative estimate of drug-likeness (QED) is 0.496. The number of nitrogen functional groups attached to an aromatic ring is 1. The lowest BCUT2D eigenvalue weighted by Crippen LogP contribution is -2.57. The highest BCUT2D eigenvalue weighted by Crippen LogP contribution is 2.51. The lowest BCUT2D eigenvalue weighted by atomic mass is 9.64. The third-order valence-corrected chi connectivity index (χ3v) is 8.89. The summed E-state index contributed by atoms with van der Waals surface area (Å²) >= 11 is 0. The lowest BCUT2D eigenvalue weighted by molar-refractivity contribution is 0.118. The van der Waals surface area contributed by atoms with E-state index in [4.69, 9.17) is 15.7 Å². The molecule has 1 aliphatic heterocycles. The summed E-state index contributed by atoms with van der Waals surface area (Å²) in [4.78, 5) is 16.1. The van der Waals surface area contributed by atoms with E-state index in [1.54, 1.807) is 18.5 Å². The Morgan fingerprint density at radius 1 is 1.22 bits per heavy atom. The van der Waals surface area contributed by atoms with Crippen LogP contribution in [0.3, 0.4) is 0 Å². The Morgan fingerprint density at radius 3 is 2.78 bits per heavy atom. The molecular weight excluding hydrogens is 463 g/mol. The van der Waals surface area contributed by atoms with Crippen molar-refractivity contribution >= 4 is 11.5 Å². The second-order valence-electron chi connectivity index (χ2n) is 11.2. The van der Waals surface area contributed by atoms with Gasteiger partial charge < -0.3 is 10.6 Å². The third kappa shape index (κ3) is 3.77. The molecule has 3 heterocycles. The average molecular weight is 497 g/mol. The van der Waals surface area contributed by atoms with E-state index in [1.807, 2.05) is 12.1 Å². The molecule has 1 aromatic carbocycles. The fourth-order valence-corrected chi connectivity index (χ4v) is 6.87. The summed E-state index contributed by atoms with van der Waals surface area (Å²) in [5.74, 6) is 2.06. The van der Waals surface area contributed by atoms with Crippen LogP contribution in [0.4, 0.5) is 15.9 Å². The SMILES string of the molecule is CCc1nc2c(c(N3CC(F)(c4cccnc4)C3)n1)CC[C@@]1(CCCC(C)c3ccc(N)c(C#N)c31)C2. The van der Waals surface area contributed by atoms with Crippen molar-refractivity contribution in [2.45, 2.75) is 75.8 Å². The molecule has 6 nitrogen and oxygen atoms in total. The molecule has 37 heavy (non-hydrogen) atoms. The Morgan fingerprint density at radius 2 is 2.05 bits per heavy atom. The number of hydrogen-bond acceptors (Lipinski definition) is 6. The van der Waals surface area contributed by atoms with Crippen molar-refractivity contribution in [2.75, 3.05) is 23.7 Å². The predicted molar refractivity (Wildman–Crippen MR) is 142 cm³/mol. The molecule has 0 radical (unpaired) electrons. The first-order valence-corrected chi connectivity index (χ1v) is 13.4. The van der Waals surface area contributed by atoms with Gasteiger partial charge in [-0.15, -0.1) is 0 Å². The van der Waals surface area contributed by atoms with Crippen LogP contribution in [0, 0.1) is 11.3 Å². The van der Waals surface area contributed by atoms with Gasteiger partial charge in [-0.1, -0.05) is 32.4 Å². The average Bonchev–Trinajstić information content (AvgIpc) is 3.02. The van der Waals surface area contributed by atoms with E-state index in [9.17, 15) is 5.26 Å². The zero-order chi connectivity index (χ0) is 25.8. The van der Waals surface area contributed by atoms with Crippen molar-refractivity contribution in [3.63, 3.8) is 0 Å². The van der Waals surface area contributed by atoms with E-state index in [0.29, 0.717) is 29.2 Å². The van der Waals surface area contributed by atoms with E-state index < -0.39 is 5.67 Å². The number of nitrogens with zero attached hydrogens (tertiary/aromatic N) is 5. The molecule has 6 rings (SSSR count). The van der Waals surface area contributed by atoms with Gasteiger partial charge in [-0.25, -0.2) is 14.4 Å². The topological polar surface area (TPSA) is 91.7 Å². The van der Waals surface area contributed by atoms with Crippen molar-refractivity contribution < 1.29 is 4.39 Å². The molecule has 2 aliphatic carbocycles. The molecule has 0 amide bonds. The molecule has 190 valence electrons. The van der Waals surface area contributed by atoms with Gasteiger partial charge in [0.25, 0.3) is 0 Å². The minimum Gasteiger partial charge on any atom is -0.398 e. The number of hydrogen-bond donors (Lipinski definition) is 1. The fourth-order valence-electron chi connectivity index (χ4n) is 6.87. The molecule has 2 N–H and O–H groups in total. The zero-order valence-electron chi connectivity index (χ0n) is 21.6. The molecule has 0 bridgehead atoms.